The quantitative estimate of drug-likeness (QED) is 0.736. The summed E-state index contributed by atoms with van der Waals surface area (Å²) < 4.78 is 29.2. The summed E-state index contributed by atoms with van der Waals surface area (Å²) in [4.78, 5) is 12.6. The summed E-state index contributed by atoms with van der Waals surface area (Å²) in [6.45, 7) is 6.33. The summed E-state index contributed by atoms with van der Waals surface area (Å²) in [6, 6.07) is 4.73. The van der Waals surface area contributed by atoms with Crippen molar-refractivity contribution in [2.45, 2.75) is 45.1 Å². The number of piperidine rings is 1. The van der Waals surface area contributed by atoms with Gasteiger partial charge in [-0.3, -0.25) is 9.48 Å². The first-order valence-electron chi connectivity index (χ1n) is 9.38. The Morgan fingerprint density at radius 1 is 1.17 bits per heavy atom. The number of carbonyl (C=O) groups is 1. The lowest BCUT2D eigenvalue weighted by Crippen LogP contribution is -2.38. The molecule has 1 fully saturated rings. The third-order valence-electron chi connectivity index (χ3n) is 5.10. The highest BCUT2D eigenvalue weighted by atomic mass is 35.5. The molecule has 1 aromatic carbocycles. The van der Waals surface area contributed by atoms with E-state index >= 15 is 0 Å². The fourth-order valence-electron chi connectivity index (χ4n) is 3.52. The topological polar surface area (TPSA) is 84.3 Å². The van der Waals surface area contributed by atoms with Gasteiger partial charge in [-0.25, -0.2) is 8.42 Å². The van der Waals surface area contributed by atoms with Crippen molar-refractivity contribution in [2.75, 3.05) is 18.4 Å². The second kappa shape index (κ2) is 8.63. The Hall–Kier alpha value is -1.61. The SMILES string of the molecule is Cc1nn(CC(=O)Nc2cc(Cl)cc(Cl)c2)c(C)c1S(=O)(=O)N1CCC(C)CC1. The van der Waals surface area contributed by atoms with E-state index in [-0.39, 0.29) is 17.3 Å². The van der Waals surface area contributed by atoms with E-state index in [2.05, 4.69) is 17.3 Å². The van der Waals surface area contributed by atoms with Crippen molar-refractivity contribution in [3.63, 3.8) is 0 Å². The fourth-order valence-corrected chi connectivity index (χ4v) is 5.89. The highest BCUT2D eigenvalue weighted by molar-refractivity contribution is 7.89. The number of carbonyl (C=O) groups excluding carboxylic acids is 1. The normalized spacial score (nSPS) is 16.2. The molecule has 1 saturated heterocycles. The maximum absolute atomic E-state index is 13.1. The molecule has 158 valence electrons. The molecular formula is C19H24Cl2N4O3S. The number of anilines is 1. The number of hydrogen-bond acceptors (Lipinski definition) is 4. The predicted octanol–water partition coefficient (Wildman–Crippen LogP) is 3.87. The summed E-state index contributed by atoms with van der Waals surface area (Å²) in [5.74, 6) is 0.166. The van der Waals surface area contributed by atoms with Crippen molar-refractivity contribution in [1.82, 2.24) is 14.1 Å². The van der Waals surface area contributed by atoms with Gasteiger partial charge in [0.25, 0.3) is 0 Å². The summed E-state index contributed by atoms with van der Waals surface area (Å²) in [7, 11) is -3.65. The van der Waals surface area contributed by atoms with Crippen LogP contribution in [-0.2, 0) is 21.4 Å². The fraction of sp³-hybridized carbons (Fsp3) is 0.474. The zero-order valence-electron chi connectivity index (χ0n) is 16.6. The summed E-state index contributed by atoms with van der Waals surface area (Å²) in [5.41, 5.74) is 1.30. The monoisotopic (exact) mass is 458 g/mol. The first-order chi connectivity index (χ1) is 13.6. The zero-order valence-corrected chi connectivity index (χ0v) is 18.9. The molecule has 2 aromatic rings. The molecule has 0 saturated carbocycles. The molecule has 29 heavy (non-hydrogen) atoms. The van der Waals surface area contributed by atoms with E-state index < -0.39 is 10.0 Å². The number of nitrogens with one attached hydrogen (secondary N) is 1. The first-order valence-corrected chi connectivity index (χ1v) is 11.6. The third kappa shape index (κ3) is 4.94. The van der Waals surface area contributed by atoms with Gasteiger partial charge in [0.2, 0.25) is 15.9 Å². The van der Waals surface area contributed by atoms with Crippen LogP contribution in [0.15, 0.2) is 23.1 Å². The number of nitrogens with zero attached hydrogens (tertiary/aromatic N) is 3. The van der Waals surface area contributed by atoms with Crippen molar-refractivity contribution in [3.8, 4) is 0 Å². The van der Waals surface area contributed by atoms with Gasteiger partial charge in [-0.15, -0.1) is 0 Å². The minimum Gasteiger partial charge on any atom is -0.324 e. The van der Waals surface area contributed by atoms with Crippen LogP contribution < -0.4 is 5.32 Å². The van der Waals surface area contributed by atoms with Gasteiger partial charge in [-0.05, 0) is 50.8 Å². The van der Waals surface area contributed by atoms with Gasteiger partial charge in [0.1, 0.15) is 11.4 Å². The molecule has 0 atom stereocenters. The van der Waals surface area contributed by atoms with Crippen molar-refractivity contribution < 1.29 is 13.2 Å². The summed E-state index contributed by atoms with van der Waals surface area (Å²) >= 11 is 11.9. The largest absolute Gasteiger partial charge is 0.324 e. The Morgan fingerprint density at radius 3 is 2.34 bits per heavy atom. The second-order valence-electron chi connectivity index (χ2n) is 7.45. The Morgan fingerprint density at radius 2 is 1.76 bits per heavy atom. The zero-order chi connectivity index (χ0) is 21.3. The molecule has 1 aliphatic rings. The van der Waals surface area contributed by atoms with E-state index in [0.717, 1.165) is 12.8 Å². The first kappa shape index (κ1) is 22.1. The maximum Gasteiger partial charge on any atom is 0.246 e. The summed E-state index contributed by atoms with van der Waals surface area (Å²) in [5, 5.41) is 7.82. The Bertz CT molecular complexity index is 1010. The van der Waals surface area contributed by atoms with Gasteiger partial charge >= 0.3 is 0 Å². The lowest BCUT2D eigenvalue weighted by Gasteiger charge is -2.29. The molecule has 3 rings (SSSR count). The number of rotatable bonds is 5. The van der Waals surface area contributed by atoms with E-state index in [1.807, 2.05) is 0 Å². The Balaban J connectivity index is 1.79. The second-order valence-corrected chi connectivity index (χ2v) is 10.2. The number of aryl methyl sites for hydroxylation is 1. The number of benzene rings is 1. The van der Waals surface area contributed by atoms with E-state index in [1.54, 1.807) is 32.0 Å². The van der Waals surface area contributed by atoms with Crippen LogP contribution in [0.2, 0.25) is 10.0 Å². The van der Waals surface area contributed by atoms with Crippen LogP contribution >= 0.6 is 23.2 Å². The number of halogens is 2. The molecule has 0 aliphatic carbocycles. The van der Waals surface area contributed by atoms with Gasteiger partial charge in [0.05, 0.1) is 11.4 Å². The third-order valence-corrected chi connectivity index (χ3v) is 7.68. The van der Waals surface area contributed by atoms with Gasteiger partial charge in [-0.1, -0.05) is 30.1 Å². The van der Waals surface area contributed by atoms with E-state index in [4.69, 9.17) is 23.2 Å². The van der Waals surface area contributed by atoms with E-state index in [1.165, 1.54) is 8.99 Å². The van der Waals surface area contributed by atoms with Crippen LogP contribution in [-0.4, -0.2) is 41.5 Å². The molecule has 1 amide bonds. The number of aromatic nitrogens is 2. The molecule has 7 nitrogen and oxygen atoms in total. The van der Waals surface area contributed by atoms with Crippen molar-refractivity contribution in [2.24, 2.45) is 5.92 Å². The molecule has 1 aliphatic heterocycles. The number of sulfonamides is 1. The van der Waals surface area contributed by atoms with Crippen LogP contribution in [0, 0.1) is 19.8 Å². The van der Waals surface area contributed by atoms with Gasteiger partial charge < -0.3 is 5.32 Å². The predicted molar refractivity (Wildman–Crippen MR) is 114 cm³/mol. The molecule has 0 bridgehead atoms. The van der Waals surface area contributed by atoms with Crippen molar-refractivity contribution in [1.29, 1.82) is 0 Å². The molecule has 1 N–H and O–H groups in total. The van der Waals surface area contributed by atoms with E-state index in [0.29, 0.717) is 46.1 Å². The average molecular weight is 459 g/mol. The van der Waals surface area contributed by atoms with Crippen LogP contribution in [0.3, 0.4) is 0 Å². The summed E-state index contributed by atoms with van der Waals surface area (Å²) in [6.07, 6.45) is 1.69. The lowest BCUT2D eigenvalue weighted by molar-refractivity contribution is -0.116. The maximum atomic E-state index is 13.1. The van der Waals surface area contributed by atoms with Gasteiger partial charge in [0, 0.05) is 28.8 Å². The molecule has 10 heteroatoms. The van der Waals surface area contributed by atoms with Crippen LogP contribution in [0.1, 0.15) is 31.2 Å². The van der Waals surface area contributed by atoms with Crippen LogP contribution in [0.4, 0.5) is 5.69 Å². The smallest absolute Gasteiger partial charge is 0.246 e. The molecular weight excluding hydrogens is 435 g/mol. The Labute approximate surface area is 181 Å². The average Bonchev–Trinajstić information content (AvgIpc) is 2.88. The minimum atomic E-state index is -3.65. The van der Waals surface area contributed by atoms with Gasteiger partial charge in [0.15, 0.2) is 0 Å². The van der Waals surface area contributed by atoms with Crippen molar-refractivity contribution >= 4 is 44.8 Å². The van der Waals surface area contributed by atoms with Crippen LogP contribution in [0.25, 0.3) is 0 Å². The molecule has 0 spiro atoms. The molecule has 0 unspecified atom stereocenters. The number of amides is 1. The van der Waals surface area contributed by atoms with E-state index in [9.17, 15) is 13.2 Å². The molecule has 0 radical (unpaired) electrons. The molecule has 2 heterocycles. The number of hydrogen-bond donors (Lipinski definition) is 1. The highest BCUT2D eigenvalue weighted by Gasteiger charge is 2.33. The lowest BCUT2D eigenvalue weighted by atomic mass is 10.0. The molecule has 1 aromatic heterocycles. The van der Waals surface area contributed by atoms with Crippen molar-refractivity contribution in [3.05, 3.63) is 39.6 Å². The Kier molecular flexibility index (Phi) is 6.57. The highest BCUT2D eigenvalue weighted by Crippen LogP contribution is 2.28. The standard InChI is InChI=1S/C19H24Cl2N4O3S/c1-12-4-6-24(7-5-12)29(27,28)19-13(2)23-25(14(19)3)11-18(26)22-17-9-15(20)8-16(21)10-17/h8-10,12H,4-7,11H2,1-3H3,(H,22,26). The minimum absolute atomic E-state index is 0.122. The van der Waals surface area contributed by atoms with Crippen LogP contribution in [0.5, 0.6) is 0 Å². The van der Waals surface area contributed by atoms with Gasteiger partial charge in [-0.2, -0.15) is 9.40 Å².